The van der Waals surface area contributed by atoms with Gasteiger partial charge in [0.15, 0.2) is 0 Å². The molecule has 0 aromatic carbocycles. The number of amides is 2. The van der Waals surface area contributed by atoms with Gasteiger partial charge in [0, 0.05) is 12.8 Å². The van der Waals surface area contributed by atoms with Crippen molar-refractivity contribution in [3.8, 4) is 0 Å². The minimum absolute atomic E-state index is 0. The Bertz CT molecular complexity index is 236. The zero-order chi connectivity index (χ0) is 9.84. The number of carbonyl (C=O) groups excluding carboxylic acids is 3. The Hall–Kier alpha value is -1.43. The molecule has 1 rings (SSSR count). The highest BCUT2D eigenvalue weighted by Crippen LogP contribution is 2.11. The van der Waals surface area contributed by atoms with Gasteiger partial charge < -0.3 is 10.2 Å². The molecule has 1 aliphatic heterocycles. The van der Waals surface area contributed by atoms with Crippen molar-refractivity contribution in [2.75, 3.05) is 13.6 Å². The van der Waals surface area contributed by atoms with Gasteiger partial charge in [-0.05, 0) is 7.05 Å². The lowest BCUT2D eigenvalue weighted by atomic mass is 10.4. The maximum atomic E-state index is 10.9. The Morgan fingerprint density at radius 3 is 2.20 bits per heavy atom. The Morgan fingerprint density at radius 1 is 1.33 bits per heavy atom. The first kappa shape index (κ1) is 16.0. The Labute approximate surface area is 89.5 Å². The fraction of sp³-hybridized carbons (Fsp3) is 0.667. The third-order valence-electron chi connectivity index (χ3n) is 1.52. The van der Waals surface area contributed by atoms with Crippen LogP contribution in [0, 0.1) is 0 Å². The Kier molecular flexibility index (Phi) is 7.41. The van der Waals surface area contributed by atoms with Gasteiger partial charge in [0.05, 0.1) is 6.54 Å². The maximum absolute atomic E-state index is 10.9. The van der Waals surface area contributed by atoms with E-state index < -0.39 is 17.8 Å². The average Bonchev–Trinajstić information content (AvgIpc) is 2.36. The molecule has 6 nitrogen and oxygen atoms in total. The van der Waals surface area contributed by atoms with Crippen molar-refractivity contribution in [1.29, 1.82) is 0 Å². The lowest BCUT2D eigenvalue weighted by molar-refractivity contribution is -0.196. The Balaban J connectivity index is 0. The molecule has 88 valence electrons. The summed E-state index contributed by atoms with van der Waals surface area (Å²) in [6.45, 7) is -0.0307. The molecule has 1 saturated heterocycles. The second kappa shape index (κ2) is 6.94. The molecule has 0 unspecified atom stereocenters. The molecule has 0 radical (unpaired) electrons. The van der Waals surface area contributed by atoms with Gasteiger partial charge in [-0.1, -0.05) is 14.9 Å². The zero-order valence-corrected chi connectivity index (χ0v) is 7.20. The summed E-state index contributed by atoms with van der Waals surface area (Å²) < 4.78 is 0. The first-order valence-corrected chi connectivity index (χ1v) is 3.86. The van der Waals surface area contributed by atoms with Crippen LogP contribution in [0.1, 0.15) is 27.7 Å². The van der Waals surface area contributed by atoms with E-state index in [4.69, 9.17) is 0 Å². The van der Waals surface area contributed by atoms with E-state index in [0.717, 1.165) is 0 Å². The molecule has 0 aromatic heterocycles. The highest BCUT2D eigenvalue weighted by molar-refractivity contribution is 6.01. The molecule has 1 fully saturated rings. The van der Waals surface area contributed by atoms with Crippen LogP contribution in [0.4, 0.5) is 0 Å². The van der Waals surface area contributed by atoms with Gasteiger partial charge in [-0.3, -0.25) is 9.59 Å². The van der Waals surface area contributed by atoms with Gasteiger partial charge in [0.25, 0.3) is 11.8 Å². The summed E-state index contributed by atoms with van der Waals surface area (Å²) in [5.74, 6) is -1.57. The van der Waals surface area contributed by atoms with E-state index in [2.05, 4.69) is 10.2 Å². The first-order chi connectivity index (χ1) is 6.15. The van der Waals surface area contributed by atoms with E-state index in [-0.39, 0.29) is 34.2 Å². The second-order valence-electron chi connectivity index (χ2n) is 2.58. The normalized spacial score (nSPS) is 14.3. The van der Waals surface area contributed by atoms with Gasteiger partial charge in [0.2, 0.25) is 0 Å². The van der Waals surface area contributed by atoms with Gasteiger partial charge in [0.1, 0.15) is 0 Å². The maximum Gasteiger partial charge on any atom is 0.346 e. The highest BCUT2D eigenvalue weighted by Gasteiger charge is 2.32. The number of nitrogens with one attached hydrogen (secondary N) is 1. The molecule has 0 aliphatic carbocycles. The van der Waals surface area contributed by atoms with Crippen LogP contribution in [0.25, 0.3) is 0 Å². The summed E-state index contributed by atoms with van der Waals surface area (Å²) >= 11 is 0. The topological polar surface area (TPSA) is 75.7 Å². The van der Waals surface area contributed by atoms with Crippen LogP contribution >= 0.6 is 0 Å². The molecule has 0 aromatic rings. The summed E-state index contributed by atoms with van der Waals surface area (Å²) in [6, 6.07) is 0. The molecule has 2 amide bonds. The lowest BCUT2D eigenvalue weighted by Crippen LogP contribution is -2.35. The summed E-state index contributed by atoms with van der Waals surface area (Å²) in [4.78, 5) is 37.2. The van der Waals surface area contributed by atoms with Crippen molar-refractivity contribution in [2.45, 2.75) is 27.7 Å². The Morgan fingerprint density at radius 2 is 1.80 bits per heavy atom. The van der Waals surface area contributed by atoms with Gasteiger partial charge >= 0.3 is 5.97 Å². The van der Waals surface area contributed by atoms with Crippen molar-refractivity contribution in [3.05, 3.63) is 0 Å². The van der Waals surface area contributed by atoms with Crippen LogP contribution in [-0.4, -0.2) is 36.4 Å². The van der Waals surface area contributed by atoms with Crippen molar-refractivity contribution >= 4 is 17.8 Å². The number of hydroxylamine groups is 2. The highest BCUT2D eigenvalue weighted by atomic mass is 16.7. The van der Waals surface area contributed by atoms with E-state index >= 15 is 0 Å². The molecule has 0 atom stereocenters. The quantitative estimate of drug-likeness (QED) is 0.679. The third kappa shape index (κ3) is 4.07. The second-order valence-corrected chi connectivity index (χ2v) is 2.58. The van der Waals surface area contributed by atoms with E-state index in [1.165, 1.54) is 0 Å². The smallest absolute Gasteiger partial charge is 0.329 e. The van der Waals surface area contributed by atoms with Crippen molar-refractivity contribution in [1.82, 2.24) is 10.4 Å². The monoisotopic (exact) mass is 218 g/mol. The van der Waals surface area contributed by atoms with Gasteiger partial charge in [-0.2, -0.15) is 0 Å². The molecule has 1 heterocycles. The number of nitrogens with zero attached hydrogens (tertiary/aromatic N) is 1. The number of hydrogen-bond donors (Lipinski definition) is 1. The standard InChI is InChI=1S/C7H10N2O4.2CH4/c1-8-4-7(12)13-9-5(10)2-3-6(9)11;;/h8H,2-4H2,1H3;2*1H4. The average molecular weight is 218 g/mol. The largest absolute Gasteiger partial charge is 0.346 e. The zero-order valence-electron chi connectivity index (χ0n) is 7.20. The predicted octanol–water partition coefficient (Wildman–Crippen LogP) is 0.0852. The molecular formula is C9H18N2O4. The molecule has 0 saturated carbocycles. The number of likely N-dealkylation sites (N-methyl/N-ethyl adjacent to an activating group) is 1. The lowest BCUT2D eigenvalue weighted by Gasteiger charge is -2.11. The number of rotatable bonds is 3. The van der Waals surface area contributed by atoms with Crippen LogP contribution < -0.4 is 5.32 Å². The molecule has 0 spiro atoms. The van der Waals surface area contributed by atoms with Gasteiger partial charge in [-0.25, -0.2) is 4.79 Å². The number of imide groups is 1. The van der Waals surface area contributed by atoms with Crippen LogP contribution in [0.3, 0.4) is 0 Å². The number of carbonyl (C=O) groups is 3. The minimum Gasteiger partial charge on any atom is -0.329 e. The molecule has 0 bridgehead atoms. The van der Waals surface area contributed by atoms with Crippen molar-refractivity contribution < 1.29 is 19.2 Å². The molecule has 1 N–H and O–H groups in total. The summed E-state index contributed by atoms with van der Waals surface area (Å²) in [7, 11) is 1.56. The van der Waals surface area contributed by atoms with Crippen LogP contribution in [-0.2, 0) is 19.2 Å². The summed E-state index contributed by atoms with van der Waals surface area (Å²) in [5.41, 5.74) is 0. The third-order valence-corrected chi connectivity index (χ3v) is 1.52. The molecule has 1 aliphatic rings. The van der Waals surface area contributed by atoms with Crippen molar-refractivity contribution in [3.63, 3.8) is 0 Å². The first-order valence-electron chi connectivity index (χ1n) is 3.86. The summed E-state index contributed by atoms with van der Waals surface area (Å²) in [6.07, 6.45) is 0.233. The van der Waals surface area contributed by atoms with Crippen LogP contribution in [0.15, 0.2) is 0 Å². The fourth-order valence-electron chi connectivity index (χ4n) is 0.936. The molecular weight excluding hydrogens is 200 g/mol. The number of hydrogen-bond acceptors (Lipinski definition) is 5. The molecule has 15 heavy (non-hydrogen) atoms. The van der Waals surface area contributed by atoms with E-state index in [1.807, 2.05) is 0 Å². The van der Waals surface area contributed by atoms with Gasteiger partial charge in [-0.15, -0.1) is 5.06 Å². The summed E-state index contributed by atoms with van der Waals surface area (Å²) in [5, 5.41) is 3.07. The fourth-order valence-corrected chi connectivity index (χ4v) is 0.936. The SMILES string of the molecule is C.C.CNCC(=O)ON1C(=O)CCC1=O. The van der Waals surface area contributed by atoms with Crippen LogP contribution in [0.5, 0.6) is 0 Å². The predicted molar refractivity (Wildman–Crippen MR) is 54.6 cm³/mol. The van der Waals surface area contributed by atoms with Crippen molar-refractivity contribution in [2.24, 2.45) is 0 Å². The van der Waals surface area contributed by atoms with E-state index in [0.29, 0.717) is 5.06 Å². The van der Waals surface area contributed by atoms with E-state index in [1.54, 1.807) is 7.05 Å². The van der Waals surface area contributed by atoms with Crippen LogP contribution in [0.2, 0.25) is 0 Å². The molecule has 6 heteroatoms. The minimum atomic E-state index is -0.647. The van der Waals surface area contributed by atoms with E-state index in [9.17, 15) is 14.4 Å².